The molecule has 5 nitrogen and oxygen atoms in total. The zero-order valence-electron chi connectivity index (χ0n) is 10.9. The van der Waals surface area contributed by atoms with E-state index in [1.165, 1.54) is 0 Å². The molecule has 20 heavy (non-hydrogen) atoms. The van der Waals surface area contributed by atoms with E-state index in [0.29, 0.717) is 23.4 Å². The molecule has 0 amide bonds. The van der Waals surface area contributed by atoms with Crippen molar-refractivity contribution in [1.29, 1.82) is 5.26 Å². The molecule has 2 aromatic heterocycles. The van der Waals surface area contributed by atoms with Gasteiger partial charge < -0.3 is 0 Å². The molecule has 0 radical (unpaired) electrons. The molecular formula is C14H12ClN5. The Bertz CT molecular complexity index is 809. The average Bonchev–Trinajstić information content (AvgIpc) is 3.01. The smallest absolute Gasteiger partial charge is 0.160 e. The first-order valence-corrected chi connectivity index (χ1v) is 6.74. The molecular weight excluding hydrogens is 274 g/mol. The summed E-state index contributed by atoms with van der Waals surface area (Å²) in [6, 6.07) is 9.65. The van der Waals surface area contributed by atoms with Crippen molar-refractivity contribution in [2.24, 2.45) is 7.05 Å². The van der Waals surface area contributed by atoms with E-state index >= 15 is 0 Å². The van der Waals surface area contributed by atoms with E-state index < -0.39 is 0 Å². The fourth-order valence-corrected chi connectivity index (χ4v) is 2.44. The fourth-order valence-electron chi connectivity index (χ4n) is 2.27. The molecule has 100 valence electrons. The van der Waals surface area contributed by atoms with Gasteiger partial charge in [-0.1, -0.05) is 6.07 Å². The molecule has 0 bridgehead atoms. The number of para-hydroxylation sites is 1. The maximum Gasteiger partial charge on any atom is 0.160 e. The van der Waals surface area contributed by atoms with Crippen LogP contribution < -0.4 is 0 Å². The largest absolute Gasteiger partial charge is 0.279 e. The van der Waals surface area contributed by atoms with Gasteiger partial charge in [-0.2, -0.15) is 10.4 Å². The Morgan fingerprint density at radius 1 is 1.35 bits per heavy atom. The van der Waals surface area contributed by atoms with Crippen molar-refractivity contribution in [3.8, 4) is 11.9 Å². The highest BCUT2D eigenvalue weighted by Gasteiger charge is 2.15. The average molecular weight is 286 g/mol. The number of benzene rings is 1. The topological polar surface area (TPSA) is 59.4 Å². The number of nitrogens with zero attached hydrogens (tertiary/aromatic N) is 5. The van der Waals surface area contributed by atoms with Gasteiger partial charge in [-0.15, -0.1) is 11.6 Å². The van der Waals surface area contributed by atoms with Crippen molar-refractivity contribution in [3.63, 3.8) is 0 Å². The zero-order valence-corrected chi connectivity index (χ0v) is 11.7. The second kappa shape index (κ2) is 4.99. The van der Waals surface area contributed by atoms with Gasteiger partial charge in [-0.25, -0.2) is 4.98 Å². The van der Waals surface area contributed by atoms with Crippen molar-refractivity contribution < 1.29 is 0 Å². The number of aryl methyl sites for hydroxylation is 2. The molecule has 0 atom stereocenters. The van der Waals surface area contributed by atoms with Crippen LogP contribution in [0.4, 0.5) is 0 Å². The fraction of sp³-hybridized carbons (Fsp3) is 0.214. The van der Waals surface area contributed by atoms with Crippen LogP contribution in [0, 0.1) is 11.3 Å². The minimum Gasteiger partial charge on any atom is -0.279 e. The highest BCUT2D eigenvalue weighted by atomic mass is 35.5. The molecule has 6 heteroatoms. The number of halogens is 1. The number of fused-ring (bicyclic) bond motifs is 1. The molecule has 0 aliphatic heterocycles. The van der Waals surface area contributed by atoms with Crippen LogP contribution in [0.5, 0.6) is 0 Å². The Hall–Kier alpha value is -2.32. The van der Waals surface area contributed by atoms with Gasteiger partial charge in [0.2, 0.25) is 0 Å². The van der Waals surface area contributed by atoms with Gasteiger partial charge in [0.25, 0.3) is 0 Å². The van der Waals surface area contributed by atoms with Crippen molar-refractivity contribution >= 4 is 22.6 Å². The SMILES string of the molecule is Cn1ccc(-n2c(CCCl)nc3c(C#N)cccc32)n1. The van der Waals surface area contributed by atoms with Gasteiger partial charge in [0.05, 0.1) is 11.1 Å². The van der Waals surface area contributed by atoms with Crippen LogP contribution in [0.3, 0.4) is 0 Å². The standard InChI is InChI=1S/C14H12ClN5/c1-19-8-6-13(18-19)20-11-4-2-3-10(9-16)14(11)17-12(20)5-7-15/h2-4,6,8H,5,7H2,1H3. The molecule has 0 aliphatic rings. The maximum absolute atomic E-state index is 9.20. The van der Waals surface area contributed by atoms with E-state index in [4.69, 9.17) is 11.6 Å². The number of nitriles is 1. The second-order valence-corrected chi connectivity index (χ2v) is 4.81. The lowest BCUT2D eigenvalue weighted by molar-refractivity contribution is 0.746. The second-order valence-electron chi connectivity index (χ2n) is 4.44. The monoisotopic (exact) mass is 285 g/mol. The first kappa shape index (κ1) is 12.7. The molecule has 0 fully saturated rings. The molecule has 0 spiro atoms. The van der Waals surface area contributed by atoms with Gasteiger partial charge in [-0.05, 0) is 12.1 Å². The third-order valence-electron chi connectivity index (χ3n) is 3.12. The highest BCUT2D eigenvalue weighted by Crippen LogP contribution is 2.23. The Morgan fingerprint density at radius 2 is 2.20 bits per heavy atom. The molecule has 3 aromatic rings. The van der Waals surface area contributed by atoms with E-state index in [-0.39, 0.29) is 0 Å². The van der Waals surface area contributed by atoms with Crippen molar-refractivity contribution in [2.75, 3.05) is 5.88 Å². The lowest BCUT2D eigenvalue weighted by Gasteiger charge is -2.04. The number of aromatic nitrogens is 4. The number of hydrogen-bond donors (Lipinski definition) is 0. The van der Waals surface area contributed by atoms with Crippen LogP contribution >= 0.6 is 11.6 Å². The summed E-state index contributed by atoms with van der Waals surface area (Å²) < 4.78 is 3.69. The van der Waals surface area contributed by atoms with Crippen molar-refractivity contribution in [1.82, 2.24) is 19.3 Å². The van der Waals surface area contributed by atoms with Crippen LogP contribution in [0.2, 0.25) is 0 Å². The van der Waals surface area contributed by atoms with Crippen LogP contribution in [-0.4, -0.2) is 25.2 Å². The molecule has 0 unspecified atom stereocenters. The third-order valence-corrected chi connectivity index (χ3v) is 3.31. The van der Waals surface area contributed by atoms with Gasteiger partial charge in [0, 0.05) is 31.6 Å². The minimum atomic E-state index is 0.470. The summed E-state index contributed by atoms with van der Waals surface area (Å²) in [5, 5.41) is 13.6. The normalized spacial score (nSPS) is 10.8. The molecule has 0 N–H and O–H groups in total. The van der Waals surface area contributed by atoms with E-state index in [1.54, 1.807) is 10.7 Å². The summed E-state index contributed by atoms with van der Waals surface area (Å²) in [4.78, 5) is 4.57. The Labute approximate surface area is 121 Å². The minimum absolute atomic E-state index is 0.470. The van der Waals surface area contributed by atoms with E-state index in [9.17, 15) is 5.26 Å². The first-order chi connectivity index (χ1) is 9.74. The predicted molar refractivity (Wildman–Crippen MR) is 77.0 cm³/mol. The van der Waals surface area contributed by atoms with Gasteiger partial charge in [-0.3, -0.25) is 9.25 Å². The summed E-state index contributed by atoms with van der Waals surface area (Å²) in [7, 11) is 1.87. The van der Waals surface area contributed by atoms with Crippen molar-refractivity contribution in [2.45, 2.75) is 6.42 Å². The zero-order chi connectivity index (χ0) is 14.1. The van der Waals surface area contributed by atoms with Crippen LogP contribution in [0.25, 0.3) is 16.9 Å². The lowest BCUT2D eigenvalue weighted by atomic mass is 10.2. The summed E-state index contributed by atoms with van der Waals surface area (Å²) >= 11 is 5.86. The van der Waals surface area contributed by atoms with Crippen LogP contribution in [-0.2, 0) is 13.5 Å². The maximum atomic E-state index is 9.20. The first-order valence-electron chi connectivity index (χ1n) is 6.21. The van der Waals surface area contributed by atoms with Gasteiger partial charge >= 0.3 is 0 Å². The van der Waals surface area contributed by atoms with Crippen molar-refractivity contribution in [3.05, 3.63) is 41.9 Å². The molecule has 0 saturated heterocycles. The summed E-state index contributed by atoms with van der Waals surface area (Å²) in [6.07, 6.45) is 2.50. The van der Waals surface area contributed by atoms with E-state index in [2.05, 4.69) is 16.2 Å². The molecule has 0 aliphatic carbocycles. The van der Waals surface area contributed by atoms with E-state index in [1.807, 2.05) is 36.0 Å². The quantitative estimate of drug-likeness (QED) is 0.694. The van der Waals surface area contributed by atoms with E-state index in [0.717, 1.165) is 17.2 Å². The highest BCUT2D eigenvalue weighted by molar-refractivity contribution is 6.17. The summed E-state index contributed by atoms with van der Waals surface area (Å²) in [6.45, 7) is 0. The van der Waals surface area contributed by atoms with Gasteiger partial charge in [0.15, 0.2) is 5.82 Å². The number of rotatable bonds is 3. The molecule has 0 saturated carbocycles. The molecule has 2 heterocycles. The Balaban J connectivity index is 2.33. The number of hydrogen-bond acceptors (Lipinski definition) is 3. The van der Waals surface area contributed by atoms with Crippen LogP contribution in [0.15, 0.2) is 30.5 Å². The molecule has 3 rings (SSSR count). The summed E-state index contributed by atoms with van der Waals surface area (Å²) in [5.41, 5.74) is 2.14. The Kier molecular flexibility index (Phi) is 3.17. The predicted octanol–water partition coefficient (Wildman–Crippen LogP) is 2.41. The molecule has 1 aromatic carbocycles. The Morgan fingerprint density at radius 3 is 2.85 bits per heavy atom. The number of imidazole rings is 1. The lowest BCUT2D eigenvalue weighted by Crippen LogP contribution is -2.03. The van der Waals surface area contributed by atoms with Gasteiger partial charge in [0.1, 0.15) is 17.4 Å². The summed E-state index contributed by atoms with van der Waals surface area (Å²) in [5.74, 6) is 2.07. The number of alkyl halides is 1. The third kappa shape index (κ3) is 1.95. The van der Waals surface area contributed by atoms with Crippen LogP contribution in [0.1, 0.15) is 11.4 Å².